The van der Waals surface area contributed by atoms with Crippen molar-refractivity contribution in [3.05, 3.63) is 36.0 Å². The van der Waals surface area contributed by atoms with Crippen molar-refractivity contribution in [2.45, 2.75) is 17.9 Å². The van der Waals surface area contributed by atoms with Crippen LogP contribution in [0.25, 0.3) is 10.9 Å². The maximum Gasteiger partial charge on any atom is 0.245 e. The van der Waals surface area contributed by atoms with Gasteiger partial charge in [-0.15, -0.1) is 0 Å². The zero-order valence-electron chi connectivity index (χ0n) is 14.6. The van der Waals surface area contributed by atoms with Gasteiger partial charge in [-0.05, 0) is 37.7 Å². The molecule has 25 heavy (non-hydrogen) atoms. The first-order chi connectivity index (χ1) is 11.9. The molecule has 6 nitrogen and oxygen atoms in total. The van der Waals surface area contributed by atoms with Gasteiger partial charge in [-0.25, -0.2) is 8.42 Å². The van der Waals surface area contributed by atoms with Gasteiger partial charge in [0.05, 0.1) is 18.7 Å². The molecule has 4 rings (SSSR count). The Labute approximate surface area is 148 Å². The molecule has 0 saturated carbocycles. The number of fused-ring (bicyclic) bond motifs is 4. The van der Waals surface area contributed by atoms with Crippen molar-refractivity contribution < 1.29 is 13.2 Å². The summed E-state index contributed by atoms with van der Waals surface area (Å²) in [6.07, 6.45) is 1.65. The van der Waals surface area contributed by atoms with Crippen LogP contribution in [0.1, 0.15) is 5.56 Å². The minimum atomic E-state index is -3.61. The van der Waals surface area contributed by atoms with E-state index in [0.717, 1.165) is 17.5 Å². The summed E-state index contributed by atoms with van der Waals surface area (Å²) in [5.41, 5.74) is 1.47. The summed E-state index contributed by atoms with van der Waals surface area (Å²) < 4.78 is 34.3. The van der Waals surface area contributed by atoms with Gasteiger partial charge < -0.3 is 4.74 Å². The first kappa shape index (κ1) is 16.9. The lowest BCUT2D eigenvalue weighted by Crippen LogP contribution is -2.44. The zero-order valence-corrected chi connectivity index (χ0v) is 15.4. The first-order valence-corrected chi connectivity index (χ1v) is 10.0. The number of rotatable bonds is 2. The molecular formula is C18H23N3O3S. The van der Waals surface area contributed by atoms with Crippen LogP contribution < -0.4 is 0 Å². The fraction of sp³-hybridized carbons (Fsp3) is 0.500. The van der Waals surface area contributed by atoms with Gasteiger partial charge in [0.25, 0.3) is 0 Å². The summed E-state index contributed by atoms with van der Waals surface area (Å²) in [6.45, 7) is 4.92. The highest BCUT2D eigenvalue weighted by molar-refractivity contribution is 7.89. The summed E-state index contributed by atoms with van der Waals surface area (Å²) in [6, 6.07) is 7.55. The summed E-state index contributed by atoms with van der Waals surface area (Å²) in [5, 5.41) is 0.858. The van der Waals surface area contributed by atoms with E-state index in [1.807, 2.05) is 32.2 Å². The maximum atomic E-state index is 13.5. The largest absolute Gasteiger partial charge is 0.379 e. The van der Waals surface area contributed by atoms with E-state index in [1.165, 1.54) is 0 Å². The molecular weight excluding hydrogens is 338 g/mol. The van der Waals surface area contributed by atoms with E-state index < -0.39 is 10.0 Å². The number of ether oxygens (including phenoxy) is 1. The number of hydrogen-bond donors (Lipinski definition) is 0. The molecule has 7 heteroatoms. The third-order valence-electron chi connectivity index (χ3n) is 5.14. The summed E-state index contributed by atoms with van der Waals surface area (Å²) in [5.74, 6) is 0.191. The molecule has 2 aromatic rings. The van der Waals surface area contributed by atoms with Crippen molar-refractivity contribution >= 4 is 20.9 Å². The molecule has 1 aromatic carbocycles. The molecule has 2 atom stereocenters. The van der Waals surface area contributed by atoms with Crippen LogP contribution in [0.15, 0.2) is 35.4 Å². The normalized spacial score (nSPS) is 25.8. The van der Waals surface area contributed by atoms with Crippen molar-refractivity contribution in [3.63, 3.8) is 0 Å². The molecule has 2 aliphatic rings. The number of likely N-dealkylation sites (N-methyl/N-ethyl adjacent to an activating group) is 1. The van der Waals surface area contributed by atoms with E-state index in [0.29, 0.717) is 36.7 Å². The second-order valence-corrected chi connectivity index (χ2v) is 9.06. The standard InChI is InChI=1S/C18H23N3O3S/c1-13-6-15-4-3-5-19-18(15)17(7-13)25(22,23)21-9-14-8-20(2)16(10-21)12-24-11-14/h3-7,14,16H,8-12H2,1-2H3/t14-,16+/m1/s1. The molecule has 0 spiro atoms. The topological polar surface area (TPSA) is 62.7 Å². The molecule has 2 fully saturated rings. The van der Waals surface area contributed by atoms with Gasteiger partial charge in [-0.1, -0.05) is 6.07 Å². The van der Waals surface area contributed by atoms with E-state index in [2.05, 4.69) is 9.88 Å². The minimum Gasteiger partial charge on any atom is -0.379 e. The number of pyridine rings is 1. The van der Waals surface area contributed by atoms with Gasteiger partial charge in [0.15, 0.2) is 0 Å². The predicted molar refractivity (Wildman–Crippen MR) is 96.0 cm³/mol. The molecule has 0 aliphatic carbocycles. The van der Waals surface area contributed by atoms with Gasteiger partial charge in [-0.2, -0.15) is 4.31 Å². The lowest BCUT2D eigenvalue weighted by Gasteiger charge is -2.29. The number of sulfonamides is 1. The Hall–Kier alpha value is -1.54. The van der Waals surface area contributed by atoms with E-state index in [4.69, 9.17) is 4.74 Å². The minimum absolute atomic E-state index is 0.0892. The molecule has 2 saturated heterocycles. The van der Waals surface area contributed by atoms with Gasteiger partial charge >= 0.3 is 0 Å². The predicted octanol–water partition coefficient (Wildman–Crippen LogP) is 1.49. The number of benzene rings is 1. The highest BCUT2D eigenvalue weighted by Gasteiger charge is 2.37. The quantitative estimate of drug-likeness (QED) is 0.811. The highest BCUT2D eigenvalue weighted by Crippen LogP contribution is 2.29. The van der Waals surface area contributed by atoms with Crippen molar-refractivity contribution in [1.29, 1.82) is 0 Å². The van der Waals surface area contributed by atoms with Crippen LogP contribution in [0.5, 0.6) is 0 Å². The van der Waals surface area contributed by atoms with Crippen LogP contribution in [0.4, 0.5) is 0 Å². The van der Waals surface area contributed by atoms with Crippen LogP contribution in [-0.2, 0) is 14.8 Å². The Morgan fingerprint density at radius 2 is 2.04 bits per heavy atom. The van der Waals surface area contributed by atoms with Crippen LogP contribution >= 0.6 is 0 Å². The van der Waals surface area contributed by atoms with E-state index in [9.17, 15) is 8.42 Å². The lowest BCUT2D eigenvalue weighted by molar-refractivity contribution is 0.0727. The molecule has 0 unspecified atom stereocenters. The Morgan fingerprint density at radius 3 is 2.88 bits per heavy atom. The summed E-state index contributed by atoms with van der Waals surface area (Å²) in [4.78, 5) is 6.89. The Bertz CT molecular complexity index is 900. The molecule has 1 aromatic heterocycles. The Balaban J connectivity index is 1.80. The second-order valence-electron chi connectivity index (χ2n) is 7.16. The summed E-state index contributed by atoms with van der Waals surface area (Å²) in [7, 11) is -1.56. The van der Waals surface area contributed by atoms with E-state index >= 15 is 0 Å². The van der Waals surface area contributed by atoms with Crippen molar-refractivity contribution in [3.8, 4) is 0 Å². The van der Waals surface area contributed by atoms with Crippen LogP contribution in [-0.4, -0.2) is 68.5 Å². The molecule has 134 valence electrons. The Morgan fingerprint density at radius 1 is 1.20 bits per heavy atom. The second kappa shape index (κ2) is 6.32. The molecule has 3 heterocycles. The van der Waals surface area contributed by atoms with Crippen molar-refractivity contribution in [1.82, 2.24) is 14.2 Å². The molecule has 0 N–H and O–H groups in total. The molecule has 0 radical (unpaired) electrons. The number of hydrogen-bond acceptors (Lipinski definition) is 5. The van der Waals surface area contributed by atoms with Crippen molar-refractivity contribution in [2.75, 3.05) is 39.9 Å². The number of aromatic nitrogens is 1. The van der Waals surface area contributed by atoms with E-state index in [1.54, 1.807) is 16.6 Å². The molecule has 2 bridgehead atoms. The van der Waals surface area contributed by atoms with Crippen LogP contribution in [0.3, 0.4) is 0 Å². The third kappa shape index (κ3) is 3.06. The zero-order chi connectivity index (χ0) is 17.6. The number of nitrogens with zero attached hydrogens (tertiary/aromatic N) is 3. The van der Waals surface area contributed by atoms with Gasteiger partial charge in [0.1, 0.15) is 4.90 Å². The van der Waals surface area contributed by atoms with Crippen LogP contribution in [0.2, 0.25) is 0 Å². The fourth-order valence-corrected chi connectivity index (χ4v) is 5.64. The van der Waals surface area contributed by atoms with Gasteiger partial charge in [0, 0.05) is 43.2 Å². The smallest absolute Gasteiger partial charge is 0.245 e. The monoisotopic (exact) mass is 361 g/mol. The van der Waals surface area contributed by atoms with Crippen molar-refractivity contribution in [2.24, 2.45) is 5.92 Å². The first-order valence-electron chi connectivity index (χ1n) is 8.58. The highest BCUT2D eigenvalue weighted by atomic mass is 32.2. The molecule has 2 aliphatic heterocycles. The van der Waals surface area contributed by atoms with Gasteiger partial charge in [0.2, 0.25) is 10.0 Å². The SMILES string of the molecule is Cc1cc(S(=O)(=O)N2C[C@@H]3COC[C@H](C2)N(C)C3)c2ncccc2c1. The van der Waals surface area contributed by atoms with Crippen LogP contribution in [0, 0.1) is 12.8 Å². The fourth-order valence-electron chi connectivity index (χ4n) is 3.84. The maximum absolute atomic E-state index is 13.5. The lowest BCUT2D eigenvalue weighted by atomic mass is 10.1. The third-order valence-corrected chi connectivity index (χ3v) is 6.99. The molecule has 0 amide bonds. The number of aryl methyl sites for hydroxylation is 1. The van der Waals surface area contributed by atoms with Gasteiger partial charge in [-0.3, -0.25) is 9.88 Å². The average Bonchev–Trinajstić information content (AvgIpc) is 2.82. The summed E-state index contributed by atoms with van der Waals surface area (Å²) >= 11 is 0. The Kier molecular flexibility index (Phi) is 4.27. The average molecular weight is 361 g/mol. The van der Waals surface area contributed by atoms with E-state index in [-0.39, 0.29) is 12.0 Å².